The van der Waals surface area contributed by atoms with Crippen LogP contribution in [0.1, 0.15) is 33.6 Å². The molecule has 4 aromatic rings. The number of nitrogens with zero attached hydrogens (tertiary/aromatic N) is 1. The first-order chi connectivity index (χ1) is 15.6. The van der Waals surface area contributed by atoms with Gasteiger partial charge in [0.1, 0.15) is 17.0 Å². The molecule has 0 fully saturated rings. The van der Waals surface area contributed by atoms with Gasteiger partial charge in [-0.05, 0) is 30.7 Å². The van der Waals surface area contributed by atoms with Gasteiger partial charge >= 0.3 is 0 Å². The highest BCUT2D eigenvalue weighted by atomic mass is 32.1. The van der Waals surface area contributed by atoms with Crippen molar-refractivity contribution in [1.82, 2.24) is 10.3 Å². The van der Waals surface area contributed by atoms with Gasteiger partial charge in [-0.25, -0.2) is 0 Å². The SMILES string of the molecule is Cc1ccc([C@@]2(NC(=O)c3csc4ccccc34)CCOc3cccnc32)cc1.O=CO. The lowest BCUT2D eigenvalue weighted by molar-refractivity contribution is -0.122. The topological polar surface area (TPSA) is 88.5 Å². The minimum Gasteiger partial charge on any atom is -0.491 e. The number of fused-ring (bicyclic) bond motifs is 2. The van der Waals surface area contributed by atoms with E-state index in [9.17, 15) is 4.79 Å². The predicted octanol–water partition coefficient (Wildman–Crippen LogP) is 4.76. The van der Waals surface area contributed by atoms with E-state index in [1.165, 1.54) is 5.56 Å². The van der Waals surface area contributed by atoms with Crippen LogP contribution in [0.3, 0.4) is 0 Å². The van der Waals surface area contributed by atoms with Crippen molar-refractivity contribution in [3.8, 4) is 5.75 Å². The van der Waals surface area contributed by atoms with Crippen molar-refractivity contribution in [3.63, 3.8) is 0 Å². The average molecular weight is 447 g/mol. The molecule has 3 heterocycles. The number of pyridine rings is 1. The van der Waals surface area contributed by atoms with Crippen LogP contribution in [-0.2, 0) is 10.3 Å². The van der Waals surface area contributed by atoms with Crippen LogP contribution in [0.25, 0.3) is 10.1 Å². The van der Waals surface area contributed by atoms with E-state index < -0.39 is 5.54 Å². The summed E-state index contributed by atoms with van der Waals surface area (Å²) in [7, 11) is 0. The van der Waals surface area contributed by atoms with Crippen LogP contribution in [0.5, 0.6) is 5.75 Å². The number of amides is 1. The molecule has 7 heteroatoms. The minimum atomic E-state index is -0.733. The molecule has 0 saturated carbocycles. The highest BCUT2D eigenvalue weighted by Gasteiger charge is 2.42. The van der Waals surface area contributed by atoms with Gasteiger partial charge in [-0.3, -0.25) is 14.6 Å². The fourth-order valence-corrected chi connectivity index (χ4v) is 4.93. The second-order valence-electron chi connectivity index (χ2n) is 7.43. The number of benzene rings is 2. The standard InChI is InChI=1S/C24H20N2O2S.CH2O2/c1-16-8-10-17(11-9-16)24(12-14-28-20-6-4-13-25-22(20)24)26-23(27)19-15-29-21-7-3-2-5-18(19)21;2-1-3/h2-11,13,15H,12,14H2,1H3,(H,26,27);1H,(H,2,3)/t24-;/m0./s1. The molecule has 0 spiro atoms. The Morgan fingerprint density at radius 3 is 2.69 bits per heavy atom. The van der Waals surface area contributed by atoms with E-state index in [1.807, 2.05) is 41.8 Å². The lowest BCUT2D eigenvalue weighted by Crippen LogP contribution is -2.50. The molecule has 32 heavy (non-hydrogen) atoms. The molecule has 0 saturated heterocycles. The molecule has 0 unspecified atom stereocenters. The summed E-state index contributed by atoms with van der Waals surface area (Å²) >= 11 is 1.59. The van der Waals surface area contributed by atoms with Gasteiger partial charge in [0.05, 0.1) is 12.2 Å². The van der Waals surface area contributed by atoms with Gasteiger partial charge in [0.15, 0.2) is 0 Å². The number of aromatic nitrogens is 1. The molecule has 2 aromatic heterocycles. The fraction of sp³-hybridized carbons (Fsp3) is 0.160. The van der Waals surface area contributed by atoms with Crippen molar-refractivity contribution in [2.45, 2.75) is 18.9 Å². The lowest BCUT2D eigenvalue weighted by atomic mass is 9.81. The van der Waals surface area contributed by atoms with E-state index in [2.05, 4.69) is 41.5 Å². The van der Waals surface area contributed by atoms with Crippen molar-refractivity contribution in [2.24, 2.45) is 0 Å². The maximum atomic E-state index is 13.5. The number of hydrogen-bond donors (Lipinski definition) is 2. The molecule has 162 valence electrons. The van der Waals surface area contributed by atoms with E-state index in [1.54, 1.807) is 17.5 Å². The van der Waals surface area contributed by atoms with E-state index >= 15 is 0 Å². The number of thiophene rings is 1. The Labute approximate surface area is 189 Å². The summed E-state index contributed by atoms with van der Waals surface area (Å²) in [4.78, 5) is 26.5. The number of carbonyl (C=O) groups is 2. The third-order valence-electron chi connectivity index (χ3n) is 5.51. The Kier molecular flexibility index (Phi) is 6.18. The molecule has 0 aliphatic carbocycles. The Morgan fingerprint density at radius 2 is 1.91 bits per heavy atom. The first-order valence-electron chi connectivity index (χ1n) is 10.1. The summed E-state index contributed by atoms with van der Waals surface area (Å²) in [5.41, 5.74) is 2.90. The summed E-state index contributed by atoms with van der Waals surface area (Å²) in [6, 6.07) is 20.1. The van der Waals surface area contributed by atoms with Gasteiger partial charge in [0.2, 0.25) is 0 Å². The van der Waals surface area contributed by atoms with Crippen molar-refractivity contribution >= 4 is 33.8 Å². The van der Waals surface area contributed by atoms with Crippen molar-refractivity contribution in [1.29, 1.82) is 0 Å². The molecular weight excluding hydrogens is 424 g/mol. The highest BCUT2D eigenvalue weighted by Crippen LogP contribution is 2.41. The first kappa shape index (κ1) is 21.5. The monoisotopic (exact) mass is 446 g/mol. The zero-order valence-electron chi connectivity index (χ0n) is 17.4. The van der Waals surface area contributed by atoms with Crippen LogP contribution in [0.2, 0.25) is 0 Å². The molecule has 0 bridgehead atoms. The van der Waals surface area contributed by atoms with Gasteiger partial charge in [0, 0.05) is 28.1 Å². The Hall–Kier alpha value is -3.71. The number of ether oxygens (including phenoxy) is 1. The third-order valence-corrected chi connectivity index (χ3v) is 6.47. The molecule has 1 aliphatic rings. The Balaban J connectivity index is 0.000000775. The Morgan fingerprint density at radius 1 is 1.16 bits per heavy atom. The van der Waals surface area contributed by atoms with Gasteiger partial charge in [-0.1, -0.05) is 48.0 Å². The van der Waals surface area contributed by atoms with Gasteiger partial charge in [0.25, 0.3) is 12.4 Å². The molecule has 1 aliphatic heterocycles. The van der Waals surface area contributed by atoms with Crippen molar-refractivity contribution in [2.75, 3.05) is 6.61 Å². The molecule has 1 atom stereocenters. The summed E-state index contributed by atoms with van der Waals surface area (Å²) in [5, 5.41) is 13.1. The molecule has 1 amide bonds. The van der Waals surface area contributed by atoms with Crippen LogP contribution in [0.4, 0.5) is 0 Å². The number of rotatable bonds is 3. The van der Waals surface area contributed by atoms with Gasteiger partial charge in [-0.15, -0.1) is 11.3 Å². The van der Waals surface area contributed by atoms with Crippen LogP contribution < -0.4 is 10.1 Å². The molecule has 2 N–H and O–H groups in total. The van der Waals surface area contributed by atoms with E-state index in [4.69, 9.17) is 14.6 Å². The van der Waals surface area contributed by atoms with Gasteiger partial charge < -0.3 is 15.2 Å². The van der Waals surface area contributed by atoms with Gasteiger partial charge in [-0.2, -0.15) is 0 Å². The number of hydrogen-bond acceptors (Lipinski definition) is 5. The second-order valence-corrected chi connectivity index (χ2v) is 8.34. The number of aryl methyl sites for hydroxylation is 1. The smallest absolute Gasteiger partial charge is 0.290 e. The molecule has 2 aromatic carbocycles. The summed E-state index contributed by atoms with van der Waals surface area (Å²) in [5.74, 6) is 0.622. The minimum absolute atomic E-state index is 0.0958. The van der Waals surface area contributed by atoms with Crippen molar-refractivity contribution < 1.29 is 19.4 Å². The van der Waals surface area contributed by atoms with Crippen LogP contribution in [0, 0.1) is 6.92 Å². The normalized spacial score (nSPS) is 16.8. The molecule has 6 nitrogen and oxygen atoms in total. The van der Waals surface area contributed by atoms with Crippen LogP contribution >= 0.6 is 11.3 Å². The zero-order valence-corrected chi connectivity index (χ0v) is 18.3. The van der Waals surface area contributed by atoms with Crippen LogP contribution in [0.15, 0.2) is 72.2 Å². The summed E-state index contributed by atoms with van der Waals surface area (Å²) in [6.45, 7) is 2.32. The maximum absolute atomic E-state index is 13.5. The molecule has 5 rings (SSSR count). The highest BCUT2D eigenvalue weighted by molar-refractivity contribution is 7.17. The van der Waals surface area contributed by atoms with E-state index in [0.717, 1.165) is 27.1 Å². The maximum Gasteiger partial charge on any atom is 0.290 e. The lowest BCUT2D eigenvalue weighted by Gasteiger charge is -2.39. The quantitative estimate of drug-likeness (QED) is 0.443. The second kappa shape index (κ2) is 9.20. The fourth-order valence-electron chi connectivity index (χ4n) is 3.99. The summed E-state index contributed by atoms with van der Waals surface area (Å²) < 4.78 is 6.96. The summed E-state index contributed by atoms with van der Waals surface area (Å²) in [6.07, 6.45) is 2.37. The van der Waals surface area contributed by atoms with E-state index in [0.29, 0.717) is 18.6 Å². The number of carbonyl (C=O) groups excluding carboxylic acids is 1. The Bertz CT molecular complexity index is 1250. The molecular formula is C25H22N2O4S. The third kappa shape index (κ3) is 3.94. The predicted molar refractivity (Wildman–Crippen MR) is 124 cm³/mol. The first-order valence-corrected chi connectivity index (χ1v) is 11.0. The zero-order chi connectivity index (χ0) is 22.6. The average Bonchev–Trinajstić information content (AvgIpc) is 3.25. The largest absolute Gasteiger partial charge is 0.491 e. The molecule has 0 radical (unpaired) electrons. The number of nitrogens with one attached hydrogen (secondary N) is 1. The van der Waals surface area contributed by atoms with E-state index in [-0.39, 0.29) is 12.4 Å². The van der Waals surface area contributed by atoms with Crippen LogP contribution in [-0.4, -0.2) is 29.1 Å². The number of carboxylic acid groups (broad SMARTS) is 1. The van der Waals surface area contributed by atoms with Crippen molar-refractivity contribution in [3.05, 3.63) is 94.6 Å².